The molecule has 3 nitrogen and oxygen atoms in total. The maximum absolute atomic E-state index is 13.0. The average Bonchev–Trinajstić information content (AvgIpc) is 2.64. The van der Waals surface area contributed by atoms with Crippen molar-refractivity contribution < 1.29 is 4.39 Å². The lowest BCUT2D eigenvalue weighted by atomic mass is 10.3. The molecular weight excluding hydrogens is 424 g/mol. The fourth-order valence-electron chi connectivity index (χ4n) is 1.82. The molecule has 0 aliphatic heterocycles. The third-order valence-electron chi connectivity index (χ3n) is 2.88. The molecule has 0 amide bonds. The fraction of sp³-hybridized carbons (Fsp3) is 0.308. The van der Waals surface area contributed by atoms with E-state index in [0.29, 0.717) is 6.54 Å². The topological polar surface area (TPSA) is 29.9 Å². The van der Waals surface area contributed by atoms with E-state index in [0.717, 1.165) is 31.5 Å². The molecule has 0 atom stereocenters. The molecule has 1 N–H and O–H groups in total. The Balaban J connectivity index is 2.16. The predicted octanol–water partition coefficient (Wildman–Crippen LogP) is 4.10. The van der Waals surface area contributed by atoms with E-state index in [1.165, 1.54) is 12.1 Å². The van der Waals surface area contributed by atoms with Gasteiger partial charge in [-0.1, -0.05) is 6.92 Å². The van der Waals surface area contributed by atoms with E-state index in [1.54, 1.807) is 6.07 Å². The Morgan fingerprint density at radius 1 is 1.47 bits per heavy atom. The second-order valence-electron chi connectivity index (χ2n) is 4.16. The van der Waals surface area contributed by atoms with Gasteiger partial charge in [-0.2, -0.15) is 5.10 Å². The maximum atomic E-state index is 13.0. The summed E-state index contributed by atoms with van der Waals surface area (Å²) in [4.78, 5) is 0. The van der Waals surface area contributed by atoms with E-state index >= 15 is 0 Å². The molecule has 6 heteroatoms. The van der Waals surface area contributed by atoms with Gasteiger partial charge >= 0.3 is 0 Å². The van der Waals surface area contributed by atoms with Crippen LogP contribution >= 0.6 is 38.5 Å². The molecule has 0 saturated carbocycles. The first-order valence-electron chi connectivity index (χ1n) is 5.92. The second-order valence-corrected chi connectivity index (χ2v) is 6.12. The molecule has 0 unspecified atom stereocenters. The van der Waals surface area contributed by atoms with Gasteiger partial charge in [0.25, 0.3) is 0 Å². The minimum Gasteiger partial charge on any atom is -0.379 e. The van der Waals surface area contributed by atoms with Crippen molar-refractivity contribution in [2.24, 2.45) is 7.05 Å². The van der Waals surface area contributed by atoms with Crippen LogP contribution in [-0.4, -0.2) is 9.78 Å². The SMILES string of the molecule is CCc1nn(C)c(CNc2ccc(F)cc2I)c1Br. The Morgan fingerprint density at radius 3 is 2.79 bits per heavy atom. The molecule has 0 aliphatic rings. The van der Waals surface area contributed by atoms with Gasteiger partial charge in [0.1, 0.15) is 5.82 Å². The molecule has 19 heavy (non-hydrogen) atoms. The van der Waals surface area contributed by atoms with Gasteiger partial charge in [-0.15, -0.1) is 0 Å². The lowest BCUT2D eigenvalue weighted by Crippen LogP contribution is -2.07. The first-order chi connectivity index (χ1) is 9.02. The third kappa shape index (κ3) is 3.28. The number of halogens is 3. The van der Waals surface area contributed by atoms with Crippen molar-refractivity contribution in [3.63, 3.8) is 0 Å². The van der Waals surface area contributed by atoms with Crippen LogP contribution < -0.4 is 5.32 Å². The number of nitrogens with one attached hydrogen (secondary N) is 1. The molecule has 2 aromatic rings. The zero-order valence-electron chi connectivity index (χ0n) is 10.7. The molecule has 0 radical (unpaired) electrons. The van der Waals surface area contributed by atoms with Crippen LogP contribution in [0.4, 0.5) is 10.1 Å². The molecule has 1 aromatic carbocycles. The highest BCUT2D eigenvalue weighted by atomic mass is 127. The third-order valence-corrected chi connectivity index (χ3v) is 4.69. The molecular formula is C13H14BrFIN3. The summed E-state index contributed by atoms with van der Waals surface area (Å²) in [5, 5.41) is 7.76. The van der Waals surface area contributed by atoms with Crippen LogP contribution in [0, 0.1) is 9.39 Å². The zero-order valence-corrected chi connectivity index (χ0v) is 14.4. The standard InChI is InChI=1S/C13H14BrFIN3/c1-3-10-13(14)12(19(2)18-10)7-17-11-5-4-8(15)6-9(11)16/h4-6,17H,3,7H2,1-2H3. The molecule has 0 saturated heterocycles. The summed E-state index contributed by atoms with van der Waals surface area (Å²) < 4.78 is 16.8. The highest BCUT2D eigenvalue weighted by molar-refractivity contribution is 14.1. The van der Waals surface area contributed by atoms with E-state index in [9.17, 15) is 4.39 Å². The number of rotatable bonds is 4. The summed E-state index contributed by atoms with van der Waals surface area (Å²) in [5.74, 6) is -0.218. The normalized spacial score (nSPS) is 10.8. The van der Waals surface area contributed by atoms with Crippen molar-refractivity contribution in [1.29, 1.82) is 0 Å². The quantitative estimate of drug-likeness (QED) is 0.729. The van der Waals surface area contributed by atoms with Crippen LogP contribution in [0.3, 0.4) is 0 Å². The fourth-order valence-corrected chi connectivity index (χ4v) is 3.25. The summed E-state index contributed by atoms with van der Waals surface area (Å²) >= 11 is 5.70. The van der Waals surface area contributed by atoms with E-state index < -0.39 is 0 Å². The summed E-state index contributed by atoms with van der Waals surface area (Å²) in [6.45, 7) is 2.72. The number of nitrogens with zero attached hydrogens (tertiary/aromatic N) is 2. The summed E-state index contributed by atoms with van der Waals surface area (Å²) in [6, 6.07) is 4.72. The van der Waals surface area contributed by atoms with Crippen molar-refractivity contribution in [1.82, 2.24) is 9.78 Å². The maximum Gasteiger partial charge on any atom is 0.124 e. The van der Waals surface area contributed by atoms with Crippen LogP contribution in [0.5, 0.6) is 0 Å². The van der Waals surface area contributed by atoms with E-state index in [1.807, 2.05) is 11.7 Å². The smallest absolute Gasteiger partial charge is 0.124 e. The van der Waals surface area contributed by atoms with Crippen molar-refractivity contribution in [3.05, 3.63) is 43.4 Å². The first-order valence-corrected chi connectivity index (χ1v) is 7.79. The highest BCUT2D eigenvalue weighted by Crippen LogP contribution is 2.24. The minimum atomic E-state index is -0.218. The molecule has 1 heterocycles. The molecule has 102 valence electrons. The molecule has 2 rings (SSSR count). The number of anilines is 1. The highest BCUT2D eigenvalue weighted by Gasteiger charge is 2.12. The lowest BCUT2D eigenvalue weighted by Gasteiger charge is -2.09. The minimum absolute atomic E-state index is 0.218. The van der Waals surface area contributed by atoms with Gasteiger partial charge in [0.2, 0.25) is 0 Å². The van der Waals surface area contributed by atoms with Crippen LogP contribution in [0.25, 0.3) is 0 Å². The van der Waals surface area contributed by atoms with Gasteiger partial charge in [0.15, 0.2) is 0 Å². The van der Waals surface area contributed by atoms with Crippen LogP contribution in [0.15, 0.2) is 22.7 Å². The molecule has 0 bridgehead atoms. The monoisotopic (exact) mass is 437 g/mol. The van der Waals surface area contributed by atoms with E-state index in [-0.39, 0.29) is 5.82 Å². The first kappa shape index (κ1) is 14.8. The average molecular weight is 438 g/mol. The molecule has 0 aliphatic carbocycles. The van der Waals surface area contributed by atoms with Crippen molar-refractivity contribution in [2.45, 2.75) is 19.9 Å². The van der Waals surface area contributed by atoms with Gasteiger partial charge in [-0.3, -0.25) is 4.68 Å². The van der Waals surface area contributed by atoms with E-state index in [2.05, 4.69) is 55.9 Å². The Hall–Kier alpha value is -0.630. The van der Waals surface area contributed by atoms with Gasteiger partial charge < -0.3 is 5.32 Å². The Bertz CT molecular complexity index is 598. The Morgan fingerprint density at radius 2 is 2.21 bits per heavy atom. The van der Waals surface area contributed by atoms with Crippen molar-refractivity contribution in [3.8, 4) is 0 Å². The largest absolute Gasteiger partial charge is 0.379 e. The second kappa shape index (κ2) is 6.21. The number of hydrogen-bond acceptors (Lipinski definition) is 2. The van der Waals surface area contributed by atoms with Crippen LogP contribution in [0.1, 0.15) is 18.3 Å². The summed E-state index contributed by atoms with van der Waals surface area (Å²) in [6.07, 6.45) is 0.891. The predicted molar refractivity (Wildman–Crippen MR) is 86.7 cm³/mol. The van der Waals surface area contributed by atoms with Gasteiger partial charge in [-0.05, 0) is 63.1 Å². The van der Waals surface area contributed by atoms with Gasteiger partial charge in [-0.25, -0.2) is 4.39 Å². The molecule has 0 spiro atoms. The van der Waals surface area contributed by atoms with Crippen molar-refractivity contribution >= 4 is 44.2 Å². The lowest BCUT2D eigenvalue weighted by molar-refractivity contribution is 0.627. The van der Waals surface area contributed by atoms with Gasteiger partial charge in [0, 0.05) is 16.3 Å². The van der Waals surface area contributed by atoms with Crippen LogP contribution in [-0.2, 0) is 20.0 Å². The Labute approximate surface area is 133 Å². The summed E-state index contributed by atoms with van der Waals surface area (Å²) in [7, 11) is 1.93. The van der Waals surface area contributed by atoms with Crippen LogP contribution in [0.2, 0.25) is 0 Å². The van der Waals surface area contributed by atoms with Crippen molar-refractivity contribution in [2.75, 3.05) is 5.32 Å². The molecule has 0 fully saturated rings. The zero-order chi connectivity index (χ0) is 14.0. The van der Waals surface area contributed by atoms with E-state index in [4.69, 9.17) is 0 Å². The number of hydrogen-bond donors (Lipinski definition) is 1. The summed E-state index contributed by atoms with van der Waals surface area (Å²) in [5.41, 5.74) is 3.05. The number of benzene rings is 1. The Kier molecular flexibility index (Phi) is 4.83. The molecule has 1 aromatic heterocycles. The number of aryl methyl sites for hydroxylation is 2. The van der Waals surface area contributed by atoms with Gasteiger partial charge in [0.05, 0.1) is 22.4 Å². The number of aromatic nitrogens is 2.